The molecule has 0 atom stereocenters. The van der Waals surface area contributed by atoms with Gasteiger partial charge in [0.25, 0.3) is 10.0 Å². The van der Waals surface area contributed by atoms with Gasteiger partial charge in [-0.3, -0.25) is 0 Å². The summed E-state index contributed by atoms with van der Waals surface area (Å²) >= 11 is 0. The lowest BCUT2D eigenvalue weighted by molar-refractivity contribution is 0.354. The Morgan fingerprint density at radius 3 is 2.43 bits per heavy atom. The Labute approximate surface area is 163 Å². The molecule has 0 bridgehead atoms. The Balaban J connectivity index is 1.80. The molecule has 8 heteroatoms. The van der Waals surface area contributed by atoms with Crippen molar-refractivity contribution in [2.75, 3.05) is 32.2 Å². The van der Waals surface area contributed by atoms with Crippen LogP contribution in [-0.2, 0) is 16.4 Å². The van der Waals surface area contributed by atoms with Crippen LogP contribution in [-0.4, -0.2) is 41.3 Å². The smallest absolute Gasteiger partial charge is 0.265 e. The highest BCUT2D eigenvalue weighted by Crippen LogP contribution is 2.36. The minimum Gasteiger partial charge on any atom is -0.497 e. The van der Waals surface area contributed by atoms with Crippen LogP contribution in [0.15, 0.2) is 47.4 Å². The van der Waals surface area contributed by atoms with Gasteiger partial charge in [-0.25, -0.2) is 17.7 Å². The number of hydrogen-bond donors (Lipinski definition) is 0. The molecule has 0 radical (unpaired) electrons. The van der Waals surface area contributed by atoms with Crippen molar-refractivity contribution < 1.29 is 22.6 Å². The maximum atomic E-state index is 13.3. The molecule has 1 aromatic heterocycles. The lowest BCUT2D eigenvalue weighted by Gasteiger charge is -2.20. The second-order valence-electron chi connectivity index (χ2n) is 6.37. The Morgan fingerprint density at radius 2 is 1.71 bits per heavy atom. The van der Waals surface area contributed by atoms with E-state index in [1.165, 1.54) is 30.7 Å². The topological polar surface area (TPSA) is 78.0 Å². The van der Waals surface area contributed by atoms with Gasteiger partial charge in [0.2, 0.25) is 0 Å². The molecule has 0 aliphatic carbocycles. The number of sulfonamides is 1. The molecule has 0 unspecified atom stereocenters. The molecular formula is C20H20N2O5S. The summed E-state index contributed by atoms with van der Waals surface area (Å²) in [6, 6.07) is 12.1. The third kappa shape index (κ3) is 2.90. The van der Waals surface area contributed by atoms with Gasteiger partial charge in [0.1, 0.15) is 11.6 Å². The number of nitrogens with zero attached hydrogens (tertiary/aromatic N) is 2. The Hall–Kier alpha value is -3.00. The first-order chi connectivity index (χ1) is 13.5. The number of pyridine rings is 1. The number of benzene rings is 2. The molecule has 0 spiro atoms. The first-order valence-electron chi connectivity index (χ1n) is 8.70. The van der Waals surface area contributed by atoms with E-state index in [-0.39, 0.29) is 4.90 Å². The summed E-state index contributed by atoms with van der Waals surface area (Å²) in [6.45, 7) is 0.340. The molecule has 1 aliphatic rings. The van der Waals surface area contributed by atoms with Gasteiger partial charge >= 0.3 is 0 Å². The first kappa shape index (κ1) is 18.4. The second-order valence-corrected chi connectivity index (χ2v) is 8.24. The minimum atomic E-state index is -3.79. The van der Waals surface area contributed by atoms with Gasteiger partial charge in [0.05, 0.1) is 31.7 Å². The molecule has 28 heavy (non-hydrogen) atoms. The van der Waals surface area contributed by atoms with Crippen LogP contribution in [0.4, 0.5) is 5.82 Å². The molecule has 0 saturated carbocycles. The third-order valence-electron chi connectivity index (χ3n) is 4.84. The van der Waals surface area contributed by atoms with Crippen molar-refractivity contribution in [3.63, 3.8) is 0 Å². The average molecular weight is 400 g/mol. The van der Waals surface area contributed by atoms with E-state index >= 15 is 0 Å². The van der Waals surface area contributed by atoms with Gasteiger partial charge in [0.15, 0.2) is 11.5 Å². The summed E-state index contributed by atoms with van der Waals surface area (Å²) in [4.78, 5) is 4.75. The Bertz CT molecular complexity index is 1160. The predicted molar refractivity (Wildman–Crippen MR) is 106 cm³/mol. The largest absolute Gasteiger partial charge is 0.497 e. The average Bonchev–Trinajstić information content (AvgIpc) is 3.14. The first-order valence-corrected chi connectivity index (χ1v) is 10.1. The van der Waals surface area contributed by atoms with Gasteiger partial charge in [-0.1, -0.05) is 0 Å². The number of methoxy groups -OCH3 is 3. The van der Waals surface area contributed by atoms with Crippen molar-refractivity contribution in [3.05, 3.63) is 48.0 Å². The molecule has 2 aromatic carbocycles. The fourth-order valence-corrected chi connectivity index (χ4v) is 4.84. The maximum Gasteiger partial charge on any atom is 0.265 e. The number of anilines is 1. The van der Waals surface area contributed by atoms with Crippen molar-refractivity contribution in [2.24, 2.45) is 0 Å². The lowest BCUT2D eigenvalue weighted by atomic mass is 10.1. The molecule has 0 amide bonds. The van der Waals surface area contributed by atoms with Crippen LogP contribution in [0.5, 0.6) is 17.2 Å². The van der Waals surface area contributed by atoms with E-state index in [2.05, 4.69) is 4.98 Å². The van der Waals surface area contributed by atoms with Crippen LogP contribution >= 0.6 is 0 Å². The lowest BCUT2D eigenvalue weighted by Crippen LogP contribution is -2.29. The van der Waals surface area contributed by atoms with Crippen molar-refractivity contribution in [3.8, 4) is 17.2 Å². The minimum absolute atomic E-state index is 0.130. The van der Waals surface area contributed by atoms with Crippen molar-refractivity contribution >= 4 is 26.7 Å². The van der Waals surface area contributed by atoms with Crippen molar-refractivity contribution in [1.82, 2.24) is 4.98 Å². The molecule has 0 N–H and O–H groups in total. The highest BCUT2D eigenvalue weighted by atomic mass is 32.2. The number of rotatable bonds is 5. The predicted octanol–water partition coefficient (Wildman–Crippen LogP) is 3.01. The Kier molecular flexibility index (Phi) is 4.50. The second kappa shape index (κ2) is 6.87. The molecule has 2 heterocycles. The zero-order chi connectivity index (χ0) is 19.9. The molecule has 1 aliphatic heterocycles. The molecule has 4 rings (SSSR count). The van der Waals surface area contributed by atoms with E-state index in [1.807, 2.05) is 18.2 Å². The third-order valence-corrected chi connectivity index (χ3v) is 6.63. The van der Waals surface area contributed by atoms with Crippen LogP contribution in [0.2, 0.25) is 0 Å². The van der Waals surface area contributed by atoms with E-state index < -0.39 is 10.0 Å². The molecule has 7 nitrogen and oxygen atoms in total. The van der Waals surface area contributed by atoms with Crippen LogP contribution in [0, 0.1) is 0 Å². The molecule has 0 fully saturated rings. The zero-order valence-corrected chi connectivity index (χ0v) is 16.6. The summed E-state index contributed by atoms with van der Waals surface area (Å²) in [5.74, 6) is 1.96. The standard InChI is InChI=1S/C20H20N2O5S/c1-25-15-5-4-13-10-14-8-9-22(20(14)21-17(13)11-15)28(23,24)16-6-7-18(26-2)19(12-16)27-3/h4-7,10-12H,8-9H2,1-3H3. The van der Waals surface area contributed by atoms with Gasteiger partial charge in [0, 0.05) is 24.1 Å². The van der Waals surface area contributed by atoms with Crippen LogP contribution in [0.1, 0.15) is 5.56 Å². The summed E-state index contributed by atoms with van der Waals surface area (Å²) in [5.41, 5.74) is 1.59. The van der Waals surface area contributed by atoms with Crippen molar-refractivity contribution in [2.45, 2.75) is 11.3 Å². The zero-order valence-electron chi connectivity index (χ0n) is 15.8. The molecule has 3 aromatic rings. The van der Waals surface area contributed by atoms with E-state index in [4.69, 9.17) is 14.2 Å². The van der Waals surface area contributed by atoms with Gasteiger partial charge in [-0.05, 0) is 42.3 Å². The van der Waals surface area contributed by atoms with E-state index in [9.17, 15) is 8.42 Å². The van der Waals surface area contributed by atoms with E-state index in [0.29, 0.717) is 41.5 Å². The normalized spacial score (nSPS) is 13.5. The number of aromatic nitrogens is 1. The van der Waals surface area contributed by atoms with Gasteiger partial charge < -0.3 is 14.2 Å². The van der Waals surface area contributed by atoms with Gasteiger partial charge in [-0.15, -0.1) is 0 Å². The van der Waals surface area contributed by atoms with Crippen molar-refractivity contribution in [1.29, 1.82) is 0 Å². The maximum absolute atomic E-state index is 13.3. The molecular weight excluding hydrogens is 380 g/mol. The number of hydrogen-bond acceptors (Lipinski definition) is 6. The summed E-state index contributed by atoms with van der Waals surface area (Å²) in [7, 11) is 0.774. The quantitative estimate of drug-likeness (QED) is 0.655. The highest BCUT2D eigenvalue weighted by Gasteiger charge is 2.33. The molecule has 146 valence electrons. The van der Waals surface area contributed by atoms with E-state index in [0.717, 1.165) is 10.9 Å². The van der Waals surface area contributed by atoms with Crippen LogP contribution < -0.4 is 18.5 Å². The summed E-state index contributed by atoms with van der Waals surface area (Å²) in [6.07, 6.45) is 0.608. The monoisotopic (exact) mass is 400 g/mol. The molecule has 0 saturated heterocycles. The fourth-order valence-electron chi connectivity index (χ4n) is 3.37. The van der Waals surface area contributed by atoms with Crippen LogP contribution in [0.3, 0.4) is 0 Å². The SMILES string of the molecule is COc1ccc2cc3c(nc2c1)N(S(=O)(=O)c1ccc(OC)c(OC)c1)CC3. The van der Waals surface area contributed by atoms with Crippen LogP contribution in [0.25, 0.3) is 10.9 Å². The Morgan fingerprint density at radius 1 is 0.929 bits per heavy atom. The van der Waals surface area contributed by atoms with E-state index in [1.54, 1.807) is 19.2 Å². The van der Waals surface area contributed by atoms with Gasteiger partial charge in [-0.2, -0.15) is 0 Å². The number of fused-ring (bicyclic) bond motifs is 2. The summed E-state index contributed by atoms with van der Waals surface area (Å²) in [5, 5.41) is 0.949. The fraction of sp³-hybridized carbons (Fsp3) is 0.250. The summed E-state index contributed by atoms with van der Waals surface area (Å²) < 4.78 is 43.6. The highest BCUT2D eigenvalue weighted by molar-refractivity contribution is 7.92. The number of ether oxygens (including phenoxy) is 3.